The number of ether oxygens (including phenoxy) is 1. The second-order valence-corrected chi connectivity index (χ2v) is 5.38. The number of nitrogens with zero attached hydrogens (tertiary/aromatic N) is 2. The Morgan fingerprint density at radius 3 is 2.50 bits per heavy atom. The summed E-state index contributed by atoms with van der Waals surface area (Å²) in [7, 11) is 1.45. The fraction of sp³-hybridized carbons (Fsp3) is 0.375. The summed E-state index contributed by atoms with van der Waals surface area (Å²) >= 11 is 0. The molecule has 1 aromatic heterocycles. The number of methoxy groups -OCH3 is 1. The van der Waals surface area contributed by atoms with E-state index in [9.17, 15) is 18.0 Å². The summed E-state index contributed by atoms with van der Waals surface area (Å²) < 4.78 is 46.0. The van der Waals surface area contributed by atoms with Gasteiger partial charge in [-0.2, -0.15) is 18.3 Å². The Balaban J connectivity index is 2.49. The number of benzene rings is 1. The van der Waals surface area contributed by atoms with Crippen molar-refractivity contribution in [2.24, 2.45) is 0 Å². The first kappa shape index (κ1) is 18.0. The highest BCUT2D eigenvalue weighted by atomic mass is 19.4. The van der Waals surface area contributed by atoms with Gasteiger partial charge in [-0.15, -0.1) is 0 Å². The minimum Gasteiger partial charge on any atom is -0.383 e. The molecule has 1 amide bonds. The number of alkyl halides is 3. The standard InChI is InChI=1S/C16H18F3N3O2/c1-10(9-24-3)20-15(23)13-11(2)22(12-7-5-4-6-8-12)21-14(13)16(17,18)19/h4-8,10H,9H2,1-3H3,(H,20,23). The smallest absolute Gasteiger partial charge is 0.383 e. The highest BCUT2D eigenvalue weighted by Gasteiger charge is 2.41. The van der Waals surface area contributed by atoms with Crippen molar-refractivity contribution in [1.29, 1.82) is 0 Å². The van der Waals surface area contributed by atoms with Crippen molar-refractivity contribution in [3.8, 4) is 5.69 Å². The number of para-hydroxylation sites is 1. The topological polar surface area (TPSA) is 56.1 Å². The molecule has 2 rings (SSSR count). The van der Waals surface area contributed by atoms with E-state index in [1.165, 1.54) is 14.0 Å². The maximum absolute atomic E-state index is 13.3. The van der Waals surface area contributed by atoms with E-state index >= 15 is 0 Å². The number of hydrogen-bond donors (Lipinski definition) is 1. The number of carbonyl (C=O) groups is 1. The van der Waals surface area contributed by atoms with Crippen LogP contribution in [-0.4, -0.2) is 35.4 Å². The maximum atomic E-state index is 13.3. The van der Waals surface area contributed by atoms with Gasteiger partial charge in [0.25, 0.3) is 5.91 Å². The van der Waals surface area contributed by atoms with Crippen molar-refractivity contribution < 1.29 is 22.7 Å². The molecule has 1 aromatic carbocycles. The molecule has 8 heteroatoms. The third kappa shape index (κ3) is 3.76. The van der Waals surface area contributed by atoms with Crippen LogP contribution in [0.2, 0.25) is 0 Å². The Morgan fingerprint density at radius 2 is 1.96 bits per heavy atom. The van der Waals surface area contributed by atoms with Crippen LogP contribution in [0.4, 0.5) is 13.2 Å². The molecule has 0 fully saturated rings. The summed E-state index contributed by atoms with van der Waals surface area (Å²) in [6.45, 7) is 3.27. The molecule has 0 bridgehead atoms. The van der Waals surface area contributed by atoms with Gasteiger partial charge in [0.05, 0.1) is 23.6 Å². The normalized spacial score (nSPS) is 12.9. The molecule has 0 radical (unpaired) electrons. The maximum Gasteiger partial charge on any atom is 0.435 e. The van der Waals surface area contributed by atoms with Gasteiger partial charge in [0.2, 0.25) is 0 Å². The zero-order valence-electron chi connectivity index (χ0n) is 13.5. The van der Waals surface area contributed by atoms with Crippen LogP contribution in [0.1, 0.15) is 28.7 Å². The van der Waals surface area contributed by atoms with E-state index in [1.54, 1.807) is 37.3 Å². The molecular weight excluding hydrogens is 323 g/mol. The Labute approximate surface area is 137 Å². The van der Waals surface area contributed by atoms with Crippen LogP contribution in [0.25, 0.3) is 5.69 Å². The Morgan fingerprint density at radius 1 is 1.33 bits per heavy atom. The molecule has 1 unspecified atom stereocenters. The molecule has 2 aromatic rings. The van der Waals surface area contributed by atoms with Gasteiger partial charge >= 0.3 is 6.18 Å². The zero-order chi connectivity index (χ0) is 17.9. The number of halogens is 3. The van der Waals surface area contributed by atoms with Gasteiger partial charge in [-0.1, -0.05) is 18.2 Å². The molecule has 130 valence electrons. The summed E-state index contributed by atoms with van der Waals surface area (Å²) in [6, 6.07) is 7.93. The highest BCUT2D eigenvalue weighted by Crippen LogP contribution is 2.33. The number of hydrogen-bond acceptors (Lipinski definition) is 3. The van der Waals surface area contributed by atoms with E-state index in [4.69, 9.17) is 4.74 Å². The van der Waals surface area contributed by atoms with E-state index in [1.807, 2.05) is 0 Å². The molecule has 0 aliphatic heterocycles. The largest absolute Gasteiger partial charge is 0.435 e. The number of amides is 1. The van der Waals surface area contributed by atoms with E-state index in [-0.39, 0.29) is 12.3 Å². The number of rotatable bonds is 5. The lowest BCUT2D eigenvalue weighted by Gasteiger charge is -2.13. The third-order valence-corrected chi connectivity index (χ3v) is 3.41. The monoisotopic (exact) mass is 341 g/mol. The summed E-state index contributed by atoms with van der Waals surface area (Å²) in [5.74, 6) is -0.827. The molecule has 1 heterocycles. The van der Waals surface area contributed by atoms with Crippen LogP contribution >= 0.6 is 0 Å². The van der Waals surface area contributed by atoms with Crippen LogP contribution in [0.5, 0.6) is 0 Å². The molecule has 0 saturated carbocycles. The summed E-state index contributed by atoms with van der Waals surface area (Å²) in [6.07, 6.45) is -4.73. The fourth-order valence-corrected chi connectivity index (χ4v) is 2.38. The zero-order valence-corrected chi connectivity index (χ0v) is 13.5. The lowest BCUT2D eigenvalue weighted by Crippen LogP contribution is -2.36. The average molecular weight is 341 g/mol. The Kier molecular flexibility index (Phi) is 5.28. The van der Waals surface area contributed by atoms with Crippen LogP contribution in [0.3, 0.4) is 0 Å². The van der Waals surface area contributed by atoms with Gasteiger partial charge in [0, 0.05) is 13.2 Å². The van der Waals surface area contributed by atoms with Gasteiger partial charge in [-0.3, -0.25) is 4.79 Å². The first-order chi connectivity index (χ1) is 11.3. The third-order valence-electron chi connectivity index (χ3n) is 3.41. The molecule has 0 aliphatic rings. The van der Waals surface area contributed by atoms with Gasteiger partial charge in [0.1, 0.15) is 0 Å². The van der Waals surface area contributed by atoms with E-state index in [0.29, 0.717) is 5.69 Å². The molecule has 0 aliphatic carbocycles. The number of carbonyl (C=O) groups excluding carboxylic acids is 1. The van der Waals surface area contributed by atoms with Gasteiger partial charge in [0.15, 0.2) is 5.69 Å². The molecule has 0 spiro atoms. The summed E-state index contributed by atoms with van der Waals surface area (Å²) in [5, 5.41) is 6.12. The van der Waals surface area contributed by atoms with Crippen LogP contribution in [0, 0.1) is 6.92 Å². The van der Waals surface area contributed by atoms with Crippen molar-refractivity contribution in [2.75, 3.05) is 13.7 Å². The van der Waals surface area contributed by atoms with E-state index in [2.05, 4.69) is 10.4 Å². The Bertz CT molecular complexity index is 711. The minimum atomic E-state index is -4.73. The average Bonchev–Trinajstić information content (AvgIpc) is 2.86. The summed E-state index contributed by atoms with van der Waals surface area (Å²) in [4.78, 5) is 12.3. The lowest BCUT2D eigenvalue weighted by molar-refractivity contribution is -0.141. The molecule has 5 nitrogen and oxygen atoms in total. The van der Waals surface area contributed by atoms with Gasteiger partial charge in [-0.05, 0) is 26.0 Å². The van der Waals surface area contributed by atoms with Crippen molar-refractivity contribution in [3.05, 3.63) is 47.3 Å². The van der Waals surface area contributed by atoms with Crippen molar-refractivity contribution in [1.82, 2.24) is 15.1 Å². The van der Waals surface area contributed by atoms with E-state index in [0.717, 1.165) is 4.68 Å². The molecule has 1 atom stereocenters. The summed E-state index contributed by atoms with van der Waals surface area (Å²) in [5.41, 5.74) is -1.11. The first-order valence-electron chi connectivity index (χ1n) is 7.27. The fourth-order valence-electron chi connectivity index (χ4n) is 2.38. The SMILES string of the molecule is COCC(C)NC(=O)c1c(C(F)(F)F)nn(-c2ccccc2)c1C. The van der Waals surface area contributed by atoms with Crippen LogP contribution in [-0.2, 0) is 10.9 Å². The quantitative estimate of drug-likeness (QED) is 0.910. The number of aromatic nitrogens is 2. The van der Waals surface area contributed by atoms with Crippen LogP contribution < -0.4 is 5.32 Å². The molecule has 1 N–H and O–H groups in total. The Hall–Kier alpha value is -2.35. The molecular formula is C16H18F3N3O2. The second-order valence-electron chi connectivity index (χ2n) is 5.38. The molecule has 0 saturated heterocycles. The van der Waals surface area contributed by atoms with E-state index < -0.39 is 29.4 Å². The van der Waals surface area contributed by atoms with Crippen molar-refractivity contribution in [2.45, 2.75) is 26.1 Å². The van der Waals surface area contributed by atoms with Gasteiger partial charge in [-0.25, -0.2) is 4.68 Å². The lowest BCUT2D eigenvalue weighted by atomic mass is 10.1. The second kappa shape index (κ2) is 7.04. The van der Waals surface area contributed by atoms with Gasteiger partial charge < -0.3 is 10.1 Å². The minimum absolute atomic E-state index is 0.121. The number of nitrogens with one attached hydrogen (secondary N) is 1. The highest BCUT2D eigenvalue weighted by molar-refractivity contribution is 5.97. The van der Waals surface area contributed by atoms with Crippen molar-refractivity contribution in [3.63, 3.8) is 0 Å². The first-order valence-corrected chi connectivity index (χ1v) is 7.27. The predicted molar refractivity (Wildman–Crippen MR) is 82.1 cm³/mol. The van der Waals surface area contributed by atoms with Crippen LogP contribution in [0.15, 0.2) is 30.3 Å². The van der Waals surface area contributed by atoms with Crippen molar-refractivity contribution >= 4 is 5.91 Å². The molecule has 24 heavy (non-hydrogen) atoms. The predicted octanol–water partition coefficient (Wildman–Crippen LogP) is 2.96.